The maximum Gasteiger partial charge on any atom is 0.0714 e. The fourth-order valence-electron chi connectivity index (χ4n) is 12.2. The Bertz CT molecular complexity index is 4140. The van der Waals surface area contributed by atoms with E-state index in [2.05, 4.69) is 290 Å². The maximum absolute atomic E-state index is 2.49. The molecule has 0 spiro atoms. The van der Waals surface area contributed by atoms with E-state index in [4.69, 9.17) is 0 Å². The average molecular weight is 914 g/mol. The van der Waals surface area contributed by atoms with E-state index in [1.807, 2.05) is 0 Å². The number of anilines is 3. The van der Waals surface area contributed by atoms with Crippen molar-refractivity contribution >= 4 is 60.2 Å². The van der Waals surface area contributed by atoms with Crippen LogP contribution in [-0.2, 0) is 5.41 Å². The smallest absolute Gasteiger partial charge is 0.0714 e. The van der Waals surface area contributed by atoms with E-state index in [-0.39, 0.29) is 0 Å². The van der Waals surface area contributed by atoms with E-state index in [0.717, 1.165) is 22.6 Å². The van der Waals surface area contributed by atoms with Gasteiger partial charge in [-0.2, -0.15) is 0 Å². The number of nitrogens with zero attached hydrogens (tertiary/aromatic N) is 1. The highest BCUT2D eigenvalue weighted by atomic mass is 15.1. The third-order valence-electron chi connectivity index (χ3n) is 15.3. The van der Waals surface area contributed by atoms with Crippen molar-refractivity contribution in [1.29, 1.82) is 0 Å². The number of rotatable bonds is 8. The van der Waals surface area contributed by atoms with Gasteiger partial charge >= 0.3 is 0 Å². The van der Waals surface area contributed by atoms with Crippen molar-refractivity contribution in [2.75, 3.05) is 4.90 Å². The summed E-state index contributed by atoms with van der Waals surface area (Å²) in [5, 5.41) is 9.89. The molecule has 0 radical (unpaired) electrons. The highest BCUT2D eigenvalue weighted by Gasteiger charge is 2.46. The van der Waals surface area contributed by atoms with Gasteiger partial charge in [-0.1, -0.05) is 249 Å². The Morgan fingerprint density at radius 3 is 1.39 bits per heavy atom. The van der Waals surface area contributed by atoms with Crippen LogP contribution in [0.1, 0.15) is 22.3 Å². The third kappa shape index (κ3) is 6.48. The van der Waals surface area contributed by atoms with Gasteiger partial charge in [-0.25, -0.2) is 0 Å². The van der Waals surface area contributed by atoms with Crippen LogP contribution in [0, 0.1) is 0 Å². The first kappa shape index (κ1) is 41.7. The molecule has 1 nitrogen and oxygen atoms in total. The van der Waals surface area contributed by atoms with Crippen molar-refractivity contribution in [2.24, 2.45) is 0 Å². The van der Waals surface area contributed by atoms with E-state index >= 15 is 0 Å². The van der Waals surface area contributed by atoms with E-state index in [1.54, 1.807) is 0 Å². The molecule has 0 bridgehead atoms. The van der Waals surface area contributed by atoms with Crippen molar-refractivity contribution in [3.8, 4) is 44.5 Å². The van der Waals surface area contributed by atoms with Crippen LogP contribution in [0.2, 0.25) is 0 Å². The van der Waals surface area contributed by atoms with Gasteiger partial charge in [0.2, 0.25) is 0 Å². The standard InChI is InChI=1S/C71H47N/c1-5-21-49(22-6-1)69-64-35-18-16-32-59(64)60-43-39-51(45-65(60)70(69)50-23-7-2-8-24-50)48-37-40-55(41-38-48)72(68-46-52-25-13-14-30-57(52)58-31-15-17-34-63(58)68)56-42-44-62-61-33-19-20-36-66(61)71(67(62)47-56,53-26-9-3-10-27-53)54-28-11-4-12-29-54/h1-47H. The molecule has 0 saturated heterocycles. The zero-order valence-electron chi connectivity index (χ0n) is 39.6. The predicted octanol–water partition coefficient (Wildman–Crippen LogP) is 19.1. The molecule has 13 aromatic rings. The van der Waals surface area contributed by atoms with Gasteiger partial charge in [-0.05, 0) is 141 Å². The van der Waals surface area contributed by atoms with E-state index in [9.17, 15) is 0 Å². The maximum atomic E-state index is 2.49. The molecule has 13 aromatic carbocycles. The Balaban J connectivity index is 0.989. The van der Waals surface area contributed by atoms with Crippen LogP contribution >= 0.6 is 0 Å². The van der Waals surface area contributed by atoms with E-state index in [1.165, 1.54) is 104 Å². The molecule has 0 aromatic heterocycles. The molecule has 0 heterocycles. The summed E-state index contributed by atoms with van der Waals surface area (Å²) in [5.74, 6) is 0. The monoisotopic (exact) mass is 913 g/mol. The molecule has 1 aliphatic carbocycles. The van der Waals surface area contributed by atoms with Crippen molar-refractivity contribution < 1.29 is 0 Å². The van der Waals surface area contributed by atoms with Gasteiger partial charge < -0.3 is 4.90 Å². The molecule has 0 saturated carbocycles. The minimum atomic E-state index is -0.536. The van der Waals surface area contributed by atoms with Crippen LogP contribution in [-0.4, -0.2) is 0 Å². The van der Waals surface area contributed by atoms with Crippen LogP contribution in [0.15, 0.2) is 285 Å². The number of benzene rings is 13. The highest BCUT2D eigenvalue weighted by Crippen LogP contribution is 2.58. The molecule has 0 aliphatic heterocycles. The normalized spacial score (nSPS) is 12.6. The van der Waals surface area contributed by atoms with Gasteiger partial charge in [0.25, 0.3) is 0 Å². The Hall–Kier alpha value is -9.30. The van der Waals surface area contributed by atoms with Crippen molar-refractivity contribution in [1.82, 2.24) is 0 Å². The number of fused-ring (bicyclic) bond motifs is 9. The Morgan fingerprint density at radius 2 is 0.722 bits per heavy atom. The summed E-state index contributed by atoms with van der Waals surface area (Å²) in [7, 11) is 0. The van der Waals surface area contributed by atoms with Crippen molar-refractivity contribution in [3.63, 3.8) is 0 Å². The lowest BCUT2D eigenvalue weighted by atomic mass is 9.67. The van der Waals surface area contributed by atoms with Gasteiger partial charge in [0.05, 0.1) is 11.1 Å². The van der Waals surface area contributed by atoms with Crippen LogP contribution in [0.25, 0.3) is 87.6 Å². The first-order valence-electron chi connectivity index (χ1n) is 25.0. The van der Waals surface area contributed by atoms with Crippen LogP contribution in [0.4, 0.5) is 17.1 Å². The van der Waals surface area contributed by atoms with Gasteiger partial charge in [0.15, 0.2) is 0 Å². The summed E-state index contributed by atoms with van der Waals surface area (Å²) in [6.07, 6.45) is 0. The Labute approximate surface area is 420 Å². The zero-order chi connectivity index (χ0) is 47.6. The van der Waals surface area contributed by atoms with E-state index in [0.29, 0.717) is 0 Å². The topological polar surface area (TPSA) is 3.24 Å². The quantitative estimate of drug-likeness (QED) is 0.137. The minimum Gasteiger partial charge on any atom is -0.310 e. The second kappa shape index (κ2) is 17.0. The Morgan fingerprint density at radius 1 is 0.250 bits per heavy atom. The minimum absolute atomic E-state index is 0.536. The van der Waals surface area contributed by atoms with Crippen LogP contribution in [0.5, 0.6) is 0 Å². The fraction of sp³-hybridized carbons (Fsp3) is 0.0141. The van der Waals surface area contributed by atoms with Crippen LogP contribution in [0.3, 0.4) is 0 Å². The molecule has 0 unspecified atom stereocenters. The summed E-state index contributed by atoms with van der Waals surface area (Å²) in [6, 6.07) is 106. The first-order valence-corrected chi connectivity index (χ1v) is 25.0. The molecule has 0 atom stereocenters. The zero-order valence-corrected chi connectivity index (χ0v) is 39.6. The molecule has 1 aliphatic rings. The fourth-order valence-corrected chi connectivity index (χ4v) is 12.2. The van der Waals surface area contributed by atoms with Gasteiger partial charge in [0.1, 0.15) is 0 Å². The first-order chi connectivity index (χ1) is 35.7. The van der Waals surface area contributed by atoms with Crippen LogP contribution < -0.4 is 4.90 Å². The number of hydrogen-bond acceptors (Lipinski definition) is 1. The molecule has 1 heteroatoms. The molecular formula is C71H47N. The van der Waals surface area contributed by atoms with Gasteiger partial charge in [-0.15, -0.1) is 0 Å². The highest BCUT2D eigenvalue weighted by molar-refractivity contribution is 6.22. The SMILES string of the molecule is c1ccc(-c2c(-c3ccccc3)c3cc(-c4ccc(N(c5ccc6c(c5)C(c5ccccc5)(c5ccccc5)c5ccccc5-6)c5cc6ccccc6c6ccccc56)cc4)ccc3c3ccccc23)cc1. The second-order valence-corrected chi connectivity index (χ2v) is 19.1. The van der Waals surface area contributed by atoms with Gasteiger partial charge in [-0.3, -0.25) is 0 Å². The molecule has 14 rings (SSSR count). The molecule has 0 amide bonds. The summed E-state index contributed by atoms with van der Waals surface area (Å²) < 4.78 is 0. The largest absolute Gasteiger partial charge is 0.310 e. The summed E-state index contributed by atoms with van der Waals surface area (Å²) in [6.45, 7) is 0. The molecule has 0 fully saturated rings. The van der Waals surface area contributed by atoms with Crippen molar-refractivity contribution in [3.05, 3.63) is 307 Å². The lowest BCUT2D eigenvalue weighted by molar-refractivity contribution is 0.768. The number of hydrogen-bond donors (Lipinski definition) is 0. The van der Waals surface area contributed by atoms with Gasteiger partial charge in [0, 0.05) is 16.8 Å². The molecule has 72 heavy (non-hydrogen) atoms. The molecular weight excluding hydrogens is 867 g/mol. The predicted molar refractivity (Wildman–Crippen MR) is 305 cm³/mol. The van der Waals surface area contributed by atoms with E-state index < -0.39 is 5.41 Å². The third-order valence-corrected chi connectivity index (χ3v) is 15.3. The summed E-state index contributed by atoms with van der Waals surface area (Å²) in [4.78, 5) is 2.49. The lowest BCUT2D eigenvalue weighted by Gasteiger charge is -2.35. The van der Waals surface area contributed by atoms with Crippen molar-refractivity contribution in [2.45, 2.75) is 5.41 Å². The lowest BCUT2D eigenvalue weighted by Crippen LogP contribution is -2.28. The summed E-state index contributed by atoms with van der Waals surface area (Å²) >= 11 is 0. The second-order valence-electron chi connectivity index (χ2n) is 19.1. The molecule has 336 valence electrons. The summed E-state index contributed by atoms with van der Waals surface area (Å²) in [5.41, 5.74) is 17.7. The molecule has 0 N–H and O–H groups in total. The average Bonchev–Trinajstić information content (AvgIpc) is 3.76. The Kier molecular flexibility index (Phi) is 9.82.